The van der Waals surface area contributed by atoms with Crippen LogP contribution >= 0.6 is 0 Å². The summed E-state index contributed by atoms with van der Waals surface area (Å²) in [4.78, 5) is 11.9. The second kappa shape index (κ2) is 9.65. The predicted octanol–water partition coefficient (Wildman–Crippen LogP) is 2.18. The minimum absolute atomic E-state index is 0.0476. The zero-order chi connectivity index (χ0) is 22.7. The van der Waals surface area contributed by atoms with E-state index in [2.05, 4.69) is 0 Å². The number of rotatable bonds is 6. The highest BCUT2D eigenvalue weighted by Crippen LogP contribution is 2.37. The second-order valence-corrected chi connectivity index (χ2v) is 8.93. The highest BCUT2D eigenvalue weighted by atomic mass is 32.2. The van der Waals surface area contributed by atoms with Crippen LogP contribution in [0.1, 0.15) is 18.8 Å². The fourth-order valence-electron chi connectivity index (χ4n) is 3.73. The molecule has 0 aromatic heterocycles. The molecule has 2 aromatic carbocycles. The van der Waals surface area contributed by atoms with Crippen molar-refractivity contribution in [3.05, 3.63) is 66.2 Å². The SMILES string of the molecule is COC1OC2COC(c3ccccc3)OC2C(OC(C)=O)[C@H]1OS(=O)(=O)c1ccccc1. The molecule has 2 aliphatic rings. The van der Waals surface area contributed by atoms with E-state index >= 15 is 0 Å². The summed E-state index contributed by atoms with van der Waals surface area (Å²) < 4.78 is 59.9. The molecule has 6 atom stereocenters. The van der Waals surface area contributed by atoms with Gasteiger partial charge in [-0.05, 0) is 12.1 Å². The normalized spacial score (nSPS) is 30.3. The van der Waals surface area contributed by atoms with Gasteiger partial charge in [0, 0.05) is 19.6 Å². The Bertz CT molecular complexity index is 1010. The van der Waals surface area contributed by atoms with Crippen molar-refractivity contribution in [1.82, 2.24) is 0 Å². The molecule has 9 nitrogen and oxygen atoms in total. The molecule has 0 aliphatic carbocycles. The van der Waals surface area contributed by atoms with E-state index < -0.39 is 53.1 Å². The minimum atomic E-state index is -4.21. The van der Waals surface area contributed by atoms with Gasteiger partial charge in [0.25, 0.3) is 10.1 Å². The summed E-state index contributed by atoms with van der Waals surface area (Å²) in [6.45, 7) is 1.35. The van der Waals surface area contributed by atoms with Crippen LogP contribution in [-0.2, 0) is 42.8 Å². The van der Waals surface area contributed by atoms with Gasteiger partial charge in [0.1, 0.15) is 12.2 Å². The van der Waals surface area contributed by atoms with Gasteiger partial charge in [0.15, 0.2) is 24.8 Å². The first-order chi connectivity index (χ1) is 15.4. The molecule has 0 saturated carbocycles. The molecule has 2 heterocycles. The lowest BCUT2D eigenvalue weighted by molar-refractivity contribution is -0.355. The van der Waals surface area contributed by atoms with Crippen LogP contribution in [-0.4, -0.2) is 58.8 Å². The van der Waals surface area contributed by atoms with Crippen LogP contribution < -0.4 is 0 Å². The van der Waals surface area contributed by atoms with E-state index in [-0.39, 0.29) is 11.5 Å². The van der Waals surface area contributed by atoms with Gasteiger partial charge in [0.05, 0.1) is 11.5 Å². The van der Waals surface area contributed by atoms with Crippen LogP contribution in [0.3, 0.4) is 0 Å². The summed E-state index contributed by atoms with van der Waals surface area (Å²) in [5.74, 6) is -0.623. The fraction of sp³-hybridized carbons (Fsp3) is 0.409. The lowest BCUT2D eigenvalue weighted by atomic mass is 9.97. The molecular weight excluding hydrogens is 440 g/mol. The van der Waals surface area contributed by atoms with Crippen molar-refractivity contribution in [2.24, 2.45) is 0 Å². The first kappa shape index (κ1) is 22.8. The van der Waals surface area contributed by atoms with E-state index in [0.29, 0.717) is 0 Å². The summed E-state index contributed by atoms with van der Waals surface area (Å²) in [5, 5.41) is 0. The van der Waals surface area contributed by atoms with E-state index in [1.165, 1.54) is 26.2 Å². The maximum absolute atomic E-state index is 12.9. The van der Waals surface area contributed by atoms with Gasteiger partial charge < -0.3 is 23.7 Å². The minimum Gasteiger partial charge on any atom is -0.457 e. The number of fused-ring (bicyclic) bond motifs is 1. The Morgan fingerprint density at radius 3 is 2.25 bits per heavy atom. The number of carbonyl (C=O) groups is 1. The molecular formula is C22H24O9S. The maximum Gasteiger partial charge on any atom is 0.303 e. The lowest BCUT2D eigenvalue weighted by Crippen LogP contribution is -2.64. The summed E-state index contributed by atoms with van der Waals surface area (Å²) in [5.41, 5.74) is 0.760. The Morgan fingerprint density at radius 2 is 1.62 bits per heavy atom. The number of hydrogen-bond donors (Lipinski definition) is 0. The Morgan fingerprint density at radius 1 is 0.969 bits per heavy atom. The van der Waals surface area contributed by atoms with Crippen LogP contribution in [0.25, 0.3) is 0 Å². The Kier molecular flexibility index (Phi) is 6.89. The smallest absolute Gasteiger partial charge is 0.303 e. The van der Waals surface area contributed by atoms with Crippen LogP contribution in [0.4, 0.5) is 0 Å². The number of hydrogen-bond acceptors (Lipinski definition) is 9. The van der Waals surface area contributed by atoms with E-state index in [1.807, 2.05) is 30.3 Å². The Balaban J connectivity index is 1.64. The van der Waals surface area contributed by atoms with Crippen LogP contribution in [0.5, 0.6) is 0 Å². The molecule has 4 rings (SSSR count). The van der Waals surface area contributed by atoms with Gasteiger partial charge in [-0.15, -0.1) is 0 Å². The van der Waals surface area contributed by atoms with Gasteiger partial charge in [0.2, 0.25) is 0 Å². The number of esters is 1. The van der Waals surface area contributed by atoms with E-state index in [1.54, 1.807) is 18.2 Å². The highest BCUT2D eigenvalue weighted by Gasteiger charge is 2.54. The third-order valence-electron chi connectivity index (χ3n) is 5.16. The number of carbonyl (C=O) groups excluding carboxylic acids is 1. The number of ether oxygens (including phenoxy) is 5. The number of benzene rings is 2. The molecule has 0 spiro atoms. The zero-order valence-corrected chi connectivity index (χ0v) is 18.3. The van der Waals surface area contributed by atoms with Crippen molar-refractivity contribution in [2.75, 3.05) is 13.7 Å². The average Bonchev–Trinajstić information content (AvgIpc) is 2.81. The molecule has 172 valence electrons. The van der Waals surface area contributed by atoms with Crippen molar-refractivity contribution in [3.8, 4) is 0 Å². The van der Waals surface area contributed by atoms with Gasteiger partial charge in [-0.2, -0.15) is 8.42 Å². The molecule has 0 amide bonds. The fourth-order valence-corrected chi connectivity index (χ4v) is 4.83. The largest absolute Gasteiger partial charge is 0.457 e. The van der Waals surface area contributed by atoms with Gasteiger partial charge in [-0.1, -0.05) is 48.5 Å². The van der Waals surface area contributed by atoms with Crippen LogP contribution in [0.15, 0.2) is 65.6 Å². The number of methoxy groups -OCH3 is 1. The van der Waals surface area contributed by atoms with Crippen LogP contribution in [0.2, 0.25) is 0 Å². The average molecular weight is 464 g/mol. The second-order valence-electron chi connectivity index (χ2n) is 7.36. The van der Waals surface area contributed by atoms with Crippen molar-refractivity contribution >= 4 is 16.1 Å². The van der Waals surface area contributed by atoms with Crippen molar-refractivity contribution in [2.45, 2.75) is 48.8 Å². The standard InChI is InChI=1S/C22H24O9S/c1-14(23)28-19-18-17(13-27-21(30-18)15-9-5-3-6-10-15)29-22(26-2)20(19)31-32(24,25)16-11-7-4-8-12-16/h3-12,17-22H,13H2,1-2H3/t17?,18?,19?,20-,21?,22?/m1/s1. The first-order valence-electron chi connectivity index (χ1n) is 10.0. The molecule has 2 fully saturated rings. The molecule has 0 bridgehead atoms. The monoisotopic (exact) mass is 464 g/mol. The molecule has 5 unspecified atom stereocenters. The van der Waals surface area contributed by atoms with Crippen molar-refractivity contribution < 1.29 is 41.1 Å². The molecule has 0 N–H and O–H groups in total. The molecule has 0 radical (unpaired) electrons. The first-order valence-corrected chi connectivity index (χ1v) is 11.5. The van der Waals surface area contributed by atoms with E-state index in [0.717, 1.165) is 5.56 Å². The molecule has 2 aromatic rings. The topological polar surface area (TPSA) is 107 Å². The summed E-state index contributed by atoms with van der Waals surface area (Å²) >= 11 is 0. The quantitative estimate of drug-likeness (QED) is 0.470. The van der Waals surface area contributed by atoms with Crippen molar-refractivity contribution in [3.63, 3.8) is 0 Å². The molecule has 2 saturated heterocycles. The predicted molar refractivity (Wildman–Crippen MR) is 110 cm³/mol. The summed E-state index contributed by atoms with van der Waals surface area (Å²) in [6.07, 6.45) is -5.82. The molecule has 32 heavy (non-hydrogen) atoms. The Labute approximate surface area is 186 Å². The van der Waals surface area contributed by atoms with Gasteiger partial charge in [-0.25, -0.2) is 0 Å². The summed E-state index contributed by atoms with van der Waals surface area (Å²) in [6, 6.07) is 16.9. The summed E-state index contributed by atoms with van der Waals surface area (Å²) in [7, 11) is -2.87. The third-order valence-corrected chi connectivity index (χ3v) is 6.48. The van der Waals surface area contributed by atoms with Crippen molar-refractivity contribution in [1.29, 1.82) is 0 Å². The Hall–Kier alpha value is -2.34. The van der Waals surface area contributed by atoms with Crippen LogP contribution in [0, 0.1) is 0 Å². The highest BCUT2D eigenvalue weighted by molar-refractivity contribution is 7.86. The third kappa shape index (κ3) is 4.85. The molecule has 2 aliphatic heterocycles. The van der Waals surface area contributed by atoms with E-state index in [9.17, 15) is 13.2 Å². The van der Waals surface area contributed by atoms with Gasteiger partial charge in [-0.3, -0.25) is 8.98 Å². The zero-order valence-electron chi connectivity index (χ0n) is 17.5. The molecule has 10 heteroatoms. The maximum atomic E-state index is 12.9. The van der Waals surface area contributed by atoms with E-state index in [4.69, 9.17) is 27.9 Å². The lowest BCUT2D eigenvalue weighted by Gasteiger charge is -2.47. The van der Waals surface area contributed by atoms with Gasteiger partial charge >= 0.3 is 5.97 Å².